The summed E-state index contributed by atoms with van der Waals surface area (Å²) in [5.74, 6) is -2.39. The highest BCUT2D eigenvalue weighted by Gasteiger charge is 2.74. The zero-order valence-corrected chi connectivity index (χ0v) is 21.7. The molecule has 0 aliphatic carbocycles. The molecule has 37 heavy (non-hydrogen) atoms. The lowest BCUT2D eigenvalue weighted by molar-refractivity contribution is -0.154. The van der Waals surface area contributed by atoms with Crippen LogP contribution in [0.15, 0.2) is 66.8 Å². The molecule has 2 amide bonds. The zero-order valence-electron chi connectivity index (χ0n) is 20.9. The molecule has 2 aromatic carbocycles. The lowest BCUT2D eigenvalue weighted by Crippen LogP contribution is -2.56. The van der Waals surface area contributed by atoms with Crippen molar-refractivity contribution in [1.82, 2.24) is 4.90 Å². The fourth-order valence-electron chi connectivity index (χ4n) is 6.57. The predicted molar refractivity (Wildman–Crippen MR) is 143 cm³/mol. The Bertz CT molecular complexity index is 1360. The van der Waals surface area contributed by atoms with E-state index in [1.54, 1.807) is 11.8 Å². The first-order chi connectivity index (χ1) is 17.8. The summed E-state index contributed by atoms with van der Waals surface area (Å²) in [7, 11) is 0. The van der Waals surface area contributed by atoms with Crippen molar-refractivity contribution in [2.45, 2.75) is 41.8 Å². The molecule has 0 radical (unpaired) electrons. The van der Waals surface area contributed by atoms with Crippen LogP contribution >= 0.6 is 11.8 Å². The number of ether oxygens (including phenoxy) is 1. The van der Waals surface area contributed by atoms with Gasteiger partial charge in [0.15, 0.2) is 0 Å². The summed E-state index contributed by atoms with van der Waals surface area (Å²) in [6.07, 6.45) is 8.56. The number of fused-ring (bicyclic) bond motifs is 3. The van der Waals surface area contributed by atoms with Crippen LogP contribution in [0.3, 0.4) is 0 Å². The van der Waals surface area contributed by atoms with Gasteiger partial charge in [-0.05, 0) is 43.2 Å². The maximum absolute atomic E-state index is 14.5. The molecule has 0 aromatic heterocycles. The van der Waals surface area contributed by atoms with Crippen LogP contribution < -0.4 is 4.90 Å². The first-order valence-electron chi connectivity index (χ1n) is 12.8. The van der Waals surface area contributed by atoms with E-state index in [1.165, 1.54) is 16.7 Å². The summed E-state index contributed by atoms with van der Waals surface area (Å²) in [5, 5.41) is 12.2. The molecule has 6 rings (SSSR count). The van der Waals surface area contributed by atoms with Crippen LogP contribution in [-0.4, -0.2) is 69.1 Å². The third-order valence-corrected chi connectivity index (χ3v) is 10.0. The molecule has 2 aromatic rings. The second kappa shape index (κ2) is 8.74. The van der Waals surface area contributed by atoms with E-state index in [4.69, 9.17) is 4.74 Å². The summed E-state index contributed by atoms with van der Waals surface area (Å²) >= 11 is 1.51. The number of thioether (sulfide) groups is 1. The number of carbonyl (C=O) groups is 3. The van der Waals surface area contributed by atoms with E-state index < -0.39 is 39.4 Å². The second-order valence-corrected chi connectivity index (χ2v) is 12.3. The Labute approximate surface area is 220 Å². The molecular weight excluding hydrogens is 488 g/mol. The van der Waals surface area contributed by atoms with Gasteiger partial charge in [-0.15, -0.1) is 11.8 Å². The van der Waals surface area contributed by atoms with Crippen LogP contribution in [0.1, 0.15) is 20.3 Å². The van der Waals surface area contributed by atoms with Crippen LogP contribution in [0.25, 0.3) is 10.8 Å². The number of esters is 1. The first kappa shape index (κ1) is 24.2. The van der Waals surface area contributed by atoms with Gasteiger partial charge in [-0.25, -0.2) is 0 Å². The largest absolute Gasteiger partial charge is 0.465 e. The highest BCUT2D eigenvalue weighted by atomic mass is 32.2. The summed E-state index contributed by atoms with van der Waals surface area (Å²) in [4.78, 5) is 45.2. The average molecular weight is 519 g/mol. The molecule has 4 aliphatic heterocycles. The molecule has 2 fully saturated rings. The van der Waals surface area contributed by atoms with E-state index in [2.05, 4.69) is 0 Å². The molecule has 1 N–H and O–H groups in total. The highest BCUT2D eigenvalue weighted by Crippen LogP contribution is 2.65. The molecule has 8 heteroatoms. The first-order valence-corrected chi connectivity index (χ1v) is 13.6. The monoisotopic (exact) mass is 518 g/mol. The number of carbonyl (C=O) groups excluding carboxylic acids is 3. The van der Waals surface area contributed by atoms with Crippen molar-refractivity contribution in [3.8, 4) is 0 Å². The fraction of sp³-hybridized carbons (Fsp3) is 0.414. The Morgan fingerprint density at radius 3 is 2.62 bits per heavy atom. The Morgan fingerprint density at radius 2 is 1.84 bits per heavy atom. The minimum Gasteiger partial charge on any atom is -0.465 e. The van der Waals surface area contributed by atoms with Crippen LogP contribution in [-0.2, 0) is 19.1 Å². The molecule has 192 valence electrons. The van der Waals surface area contributed by atoms with E-state index in [0.29, 0.717) is 13.0 Å². The SMILES string of the molecule is C[C@H](CO)N1C(=O)[C@@H]2[C@H]3C(=O)OCCC=C[C@@]3(C)S[C@@]23C=CCN(c2ccc4ccccc4c2)C(=O)C13. The van der Waals surface area contributed by atoms with Crippen molar-refractivity contribution in [3.05, 3.63) is 66.8 Å². The molecule has 0 saturated carbocycles. The van der Waals surface area contributed by atoms with Gasteiger partial charge in [0.05, 0.1) is 35.8 Å². The van der Waals surface area contributed by atoms with Crippen molar-refractivity contribution >= 4 is 46.0 Å². The summed E-state index contributed by atoms with van der Waals surface area (Å²) in [5.41, 5.74) is 0.748. The van der Waals surface area contributed by atoms with Crippen LogP contribution in [0, 0.1) is 11.8 Å². The van der Waals surface area contributed by atoms with Gasteiger partial charge in [0, 0.05) is 17.0 Å². The fourth-order valence-corrected chi connectivity index (χ4v) is 8.71. The quantitative estimate of drug-likeness (QED) is 0.496. The molecule has 0 bridgehead atoms. The average Bonchev–Trinajstić information content (AvgIpc) is 3.22. The number of aliphatic hydroxyl groups is 1. The van der Waals surface area contributed by atoms with Gasteiger partial charge in [0.1, 0.15) is 6.04 Å². The summed E-state index contributed by atoms with van der Waals surface area (Å²) in [6, 6.07) is 12.4. The number of cyclic esters (lactones) is 1. The number of nitrogens with zero attached hydrogens (tertiary/aromatic N) is 2. The third kappa shape index (κ3) is 3.49. The molecular formula is C29H30N2O5S. The molecule has 4 heterocycles. The Morgan fingerprint density at radius 1 is 1.05 bits per heavy atom. The number of hydrogen-bond donors (Lipinski definition) is 1. The van der Waals surface area contributed by atoms with Crippen LogP contribution in [0.4, 0.5) is 5.69 Å². The van der Waals surface area contributed by atoms with Gasteiger partial charge in [0.25, 0.3) is 5.91 Å². The zero-order chi connectivity index (χ0) is 25.9. The number of hydrogen-bond acceptors (Lipinski definition) is 6. The Hall–Kier alpha value is -3.10. The summed E-state index contributed by atoms with van der Waals surface area (Å²) < 4.78 is 3.90. The number of anilines is 1. The molecule has 1 spiro atoms. The van der Waals surface area contributed by atoms with E-state index in [-0.39, 0.29) is 25.0 Å². The summed E-state index contributed by atoms with van der Waals surface area (Å²) in [6.45, 7) is 4.04. The minimum absolute atomic E-state index is 0.209. The van der Waals surface area contributed by atoms with Crippen molar-refractivity contribution in [3.63, 3.8) is 0 Å². The van der Waals surface area contributed by atoms with Crippen molar-refractivity contribution in [2.75, 3.05) is 24.7 Å². The number of benzene rings is 2. The van der Waals surface area contributed by atoms with Crippen LogP contribution in [0.5, 0.6) is 0 Å². The van der Waals surface area contributed by atoms with E-state index in [9.17, 15) is 19.5 Å². The number of rotatable bonds is 3. The Balaban J connectivity index is 1.50. The number of likely N-dealkylation sites (tertiary alicyclic amines) is 1. The van der Waals surface area contributed by atoms with E-state index >= 15 is 0 Å². The standard InChI is InChI=1S/C29H30N2O5S/c1-18(17-32)31-24-26(34)30(21-11-10-19-8-3-4-9-20(19)16-21)14-7-13-29(24)22(25(31)33)23-27(35)36-15-6-5-12-28(23,2)37-29/h3-5,7-13,16,18,22-24,32H,6,14-15,17H2,1-2H3/t18-,22+,23+,24?,28-,29+/m1/s1. The maximum Gasteiger partial charge on any atom is 0.311 e. The van der Waals surface area contributed by atoms with Gasteiger partial charge in [0.2, 0.25) is 5.91 Å². The highest BCUT2D eigenvalue weighted by molar-refractivity contribution is 8.02. The lowest BCUT2D eigenvalue weighted by atomic mass is 9.74. The molecule has 7 nitrogen and oxygen atoms in total. The predicted octanol–water partition coefficient (Wildman–Crippen LogP) is 3.31. The van der Waals surface area contributed by atoms with Crippen molar-refractivity contribution in [1.29, 1.82) is 0 Å². The van der Waals surface area contributed by atoms with Gasteiger partial charge in [-0.1, -0.05) is 54.6 Å². The van der Waals surface area contributed by atoms with Gasteiger partial charge in [-0.2, -0.15) is 0 Å². The van der Waals surface area contributed by atoms with Crippen molar-refractivity contribution < 1.29 is 24.2 Å². The van der Waals surface area contributed by atoms with Gasteiger partial charge >= 0.3 is 5.97 Å². The smallest absolute Gasteiger partial charge is 0.311 e. The topological polar surface area (TPSA) is 87.2 Å². The second-order valence-electron chi connectivity index (χ2n) is 10.5. The van der Waals surface area contributed by atoms with Gasteiger partial charge in [-0.3, -0.25) is 14.4 Å². The van der Waals surface area contributed by atoms with E-state index in [0.717, 1.165) is 16.5 Å². The van der Waals surface area contributed by atoms with E-state index in [1.807, 2.05) is 73.7 Å². The van der Waals surface area contributed by atoms with Crippen LogP contribution in [0.2, 0.25) is 0 Å². The third-order valence-electron chi connectivity index (χ3n) is 8.24. The normalized spacial score (nSPS) is 33.9. The number of amides is 2. The molecule has 1 unspecified atom stereocenters. The Kier molecular flexibility index (Phi) is 5.73. The number of aliphatic hydroxyl groups excluding tert-OH is 1. The minimum atomic E-state index is -0.962. The molecule has 2 saturated heterocycles. The molecule has 4 aliphatic rings. The molecule has 6 atom stereocenters. The maximum atomic E-state index is 14.5. The van der Waals surface area contributed by atoms with Gasteiger partial charge < -0.3 is 19.6 Å². The lowest BCUT2D eigenvalue weighted by Gasteiger charge is -2.39. The van der Waals surface area contributed by atoms with Crippen molar-refractivity contribution in [2.24, 2.45) is 11.8 Å².